The van der Waals surface area contributed by atoms with Gasteiger partial charge in [0.1, 0.15) is 23.6 Å². The second-order valence-corrected chi connectivity index (χ2v) is 21.3. The third-order valence-corrected chi connectivity index (χ3v) is 19.5. The van der Waals surface area contributed by atoms with Crippen LogP contribution in [0.2, 0.25) is 0 Å². The molecular weight excluding hydrogens is 723 g/mol. The van der Waals surface area contributed by atoms with Crippen LogP contribution in [-0.2, 0) is 19.1 Å². The molecule has 6 N–H and O–H groups in total. The molecule has 16 atom stereocenters. The lowest BCUT2D eigenvalue weighted by atomic mass is 9.33. The Labute approximate surface area is 337 Å². The first-order valence-corrected chi connectivity index (χ1v) is 22.8. The number of esters is 1. The summed E-state index contributed by atoms with van der Waals surface area (Å²) in [5.41, 5.74) is -7.05. The summed E-state index contributed by atoms with van der Waals surface area (Å²) in [6.07, 6.45) is 18.4. The van der Waals surface area contributed by atoms with Gasteiger partial charge < -0.3 is 45.1 Å². The molecule has 1 heterocycles. The Morgan fingerprint density at radius 2 is 1.70 bits per heavy atom. The second-order valence-electron chi connectivity index (χ2n) is 21.3. The molecule has 10 aliphatic rings. The van der Waals surface area contributed by atoms with Gasteiger partial charge in [-0.1, -0.05) is 63.7 Å². The van der Waals surface area contributed by atoms with Crippen LogP contribution in [-0.4, -0.2) is 99.7 Å². The van der Waals surface area contributed by atoms with Crippen LogP contribution in [0.4, 0.5) is 0 Å². The number of fused-ring (bicyclic) bond motifs is 9. The number of carbonyl (C=O) groups is 2. The number of ether oxygens (including phenoxy) is 2. The first kappa shape index (κ1) is 39.2. The maximum atomic E-state index is 14.5. The zero-order valence-electron chi connectivity index (χ0n) is 34.1. The molecule has 7 saturated carbocycles. The highest BCUT2D eigenvalue weighted by Crippen LogP contribution is 2.78. The lowest BCUT2D eigenvalue weighted by Crippen LogP contribution is -2.86. The zero-order valence-corrected chi connectivity index (χ0v) is 34.1. The number of nitrogens with one attached hydrogen (secondary N) is 1. The number of hydrogen-bond acceptors (Lipinski definition) is 10. The van der Waals surface area contributed by atoms with E-state index in [1.807, 2.05) is 6.92 Å². The predicted molar refractivity (Wildman–Crippen MR) is 211 cm³/mol. The highest BCUT2D eigenvalue weighted by molar-refractivity contribution is 5.87. The highest BCUT2D eigenvalue weighted by atomic mass is 16.5. The van der Waals surface area contributed by atoms with Gasteiger partial charge >= 0.3 is 5.97 Å². The van der Waals surface area contributed by atoms with E-state index in [1.54, 1.807) is 13.2 Å². The quantitative estimate of drug-likeness (QED) is 0.0890. The molecule has 10 heteroatoms. The number of rotatable bonds is 8. The number of aliphatic hydroxyl groups excluding tert-OH is 2. The fourth-order valence-electron chi connectivity index (χ4n) is 17.3. The third kappa shape index (κ3) is 4.95. The molecule has 7 fully saturated rings. The maximum Gasteiger partial charge on any atom is 0.331 e. The van der Waals surface area contributed by atoms with Crippen LogP contribution >= 0.6 is 0 Å². The van der Waals surface area contributed by atoms with E-state index in [0.29, 0.717) is 50.7 Å². The largest absolute Gasteiger partial charge is 0.450 e. The molecule has 57 heavy (non-hydrogen) atoms. The minimum Gasteiger partial charge on any atom is -0.450 e. The number of carbonyl (C=O) groups excluding carboxylic acids is 2. The lowest BCUT2D eigenvalue weighted by Gasteiger charge is -2.74. The van der Waals surface area contributed by atoms with Crippen molar-refractivity contribution in [1.82, 2.24) is 5.32 Å². The predicted octanol–water partition coefficient (Wildman–Crippen LogP) is 4.56. The molecular formula is C47H67NO9. The summed E-state index contributed by atoms with van der Waals surface area (Å²) in [5.74, 6) is -2.36. The number of allylic oxidation sites excluding steroid dienone is 3. The van der Waals surface area contributed by atoms with Crippen LogP contribution in [0.1, 0.15) is 110 Å². The Morgan fingerprint density at radius 1 is 0.947 bits per heavy atom. The van der Waals surface area contributed by atoms with Gasteiger partial charge in [-0.15, -0.1) is 0 Å². The molecule has 0 aromatic rings. The van der Waals surface area contributed by atoms with Gasteiger partial charge in [0.2, 0.25) is 0 Å². The van der Waals surface area contributed by atoms with Crippen molar-refractivity contribution in [2.24, 2.45) is 69.5 Å². The summed E-state index contributed by atoms with van der Waals surface area (Å²) in [4.78, 5) is 27.6. The number of aldehydes is 1. The van der Waals surface area contributed by atoms with Crippen molar-refractivity contribution in [3.63, 3.8) is 0 Å². The van der Waals surface area contributed by atoms with Crippen molar-refractivity contribution >= 4 is 12.3 Å². The molecule has 314 valence electrons. The fourth-order valence-corrected chi connectivity index (χ4v) is 17.3. The van der Waals surface area contributed by atoms with Gasteiger partial charge in [-0.2, -0.15) is 0 Å². The smallest absolute Gasteiger partial charge is 0.331 e. The van der Waals surface area contributed by atoms with Gasteiger partial charge in [-0.25, -0.2) is 4.79 Å². The summed E-state index contributed by atoms with van der Waals surface area (Å²) < 4.78 is 11.2. The maximum absolute atomic E-state index is 14.5. The van der Waals surface area contributed by atoms with Gasteiger partial charge in [0.15, 0.2) is 0 Å². The average Bonchev–Trinajstić information content (AvgIpc) is 4.00. The number of hydrogen-bond donors (Lipinski definition) is 6. The van der Waals surface area contributed by atoms with Crippen molar-refractivity contribution in [2.45, 2.75) is 145 Å². The summed E-state index contributed by atoms with van der Waals surface area (Å²) in [7, 11) is 1.68. The second kappa shape index (κ2) is 13.5. The molecule has 0 unspecified atom stereocenters. The molecule has 10 rings (SSSR count). The first-order valence-electron chi connectivity index (χ1n) is 22.8. The summed E-state index contributed by atoms with van der Waals surface area (Å²) in [5, 5.41) is 71.2. The standard InChI is InChI=1S/C47H67NO9/c1-42-16-13-36-44(26-49)25-43(14-5-6-15-43)40(51)34-20-28-11-7-12-31(27-9-3-4-10-27)32(28)21-35(46(34,44)54)41(52)47(36,55)45(42,53)23-29-19-30(24-48-17-8-18-56-2)39-33(38(29)42)22-37(50)57-39/h7,11,19,22,26-29,31-32,34-36,38-41,48,51-55H,3-6,8-10,12-18,20-21,23-25H2,1-2H3/t28-,29-,31-,32+,34+,35-,36-,38-,39+,40-,41+,42-,44+,45-,46-,47-/m1/s1. The van der Waals surface area contributed by atoms with E-state index < -0.39 is 75.1 Å². The molecule has 0 aromatic heterocycles. The van der Waals surface area contributed by atoms with Gasteiger partial charge in [-0.3, -0.25) is 0 Å². The van der Waals surface area contributed by atoms with Crippen molar-refractivity contribution in [2.75, 3.05) is 26.8 Å². The first-order chi connectivity index (χ1) is 27.3. The molecule has 0 aromatic carbocycles. The molecule has 1 aliphatic heterocycles. The van der Waals surface area contributed by atoms with Gasteiger partial charge in [0, 0.05) is 49.5 Å². The molecule has 10 nitrogen and oxygen atoms in total. The Kier molecular flexibility index (Phi) is 9.32. The van der Waals surface area contributed by atoms with Crippen LogP contribution in [0.5, 0.6) is 0 Å². The summed E-state index contributed by atoms with van der Waals surface area (Å²) in [6.45, 7) is 3.88. The van der Waals surface area contributed by atoms with E-state index in [4.69, 9.17) is 9.47 Å². The fraction of sp³-hybridized carbons (Fsp3) is 0.830. The van der Waals surface area contributed by atoms with Crippen LogP contribution in [0, 0.1) is 69.5 Å². The minimum atomic E-state index is -2.14. The Morgan fingerprint density at radius 3 is 2.44 bits per heavy atom. The van der Waals surface area contributed by atoms with Gasteiger partial charge in [0.25, 0.3) is 0 Å². The number of methoxy groups -OCH3 is 1. The molecule has 0 amide bonds. The molecule has 0 radical (unpaired) electrons. The highest BCUT2D eigenvalue weighted by Gasteiger charge is 2.86. The van der Waals surface area contributed by atoms with E-state index in [-0.39, 0.29) is 36.5 Å². The summed E-state index contributed by atoms with van der Waals surface area (Å²) in [6, 6.07) is 0. The Balaban J connectivity index is 1.11. The van der Waals surface area contributed by atoms with Crippen molar-refractivity contribution in [3.05, 3.63) is 35.5 Å². The van der Waals surface area contributed by atoms with E-state index in [9.17, 15) is 35.1 Å². The number of aliphatic hydroxyl groups is 5. The van der Waals surface area contributed by atoms with Crippen molar-refractivity contribution in [1.29, 1.82) is 0 Å². The van der Waals surface area contributed by atoms with Crippen LogP contribution in [0.3, 0.4) is 0 Å². The summed E-state index contributed by atoms with van der Waals surface area (Å²) >= 11 is 0. The van der Waals surface area contributed by atoms with E-state index >= 15 is 0 Å². The Hall–Kier alpha value is -1.92. The zero-order chi connectivity index (χ0) is 39.8. The molecule has 0 saturated heterocycles. The van der Waals surface area contributed by atoms with Gasteiger partial charge in [0.05, 0.1) is 23.2 Å². The minimum absolute atomic E-state index is 0.0848. The lowest BCUT2D eigenvalue weighted by molar-refractivity contribution is -0.382. The average molecular weight is 790 g/mol. The van der Waals surface area contributed by atoms with Crippen molar-refractivity contribution in [3.8, 4) is 0 Å². The monoisotopic (exact) mass is 789 g/mol. The van der Waals surface area contributed by atoms with E-state index in [0.717, 1.165) is 62.5 Å². The SMILES string of the molecule is COCCCNCC1=C[C@@H]2C[C@]3(O)[C@]4(O)[C@@H](O)[C@H]5C[C@H]6[C@H](C=CC[C@@H]6C6CCCC6)C[C@H]6[C@@H](O)C7(CCCC7)C[C@](C=O)([C@H]4CC[C@]3(C)[C@H]2C2=CC(=O)O[C@@H]12)[C@]56O. The van der Waals surface area contributed by atoms with E-state index in [1.165, 1.54) is 25.7 Å². The van der Waals surface area contributed by atoms with Gasteiger partial charge in [-0.05, 0) is 123 Å². The molecule has 9 aliphatic carbocycles. The third-order valence-electron chi connectivity index (χ3n) is 19.5. The molecule has 1 spiro atoms. The van der Waals surface area contributed by atoms with Crippen LogP contribution in [0.15, 0.2) is 35.5 Å². The molecule has 0 bridgehead atoms. The van der Waals surface area contributed by atoms with Crippen LogP contribution < -0.4 is 5.32 Å². The Bertz CT molecular complexity index is 1730. The van der Waals surface area contributed by atoms with Crippen LogP contribution in [0.25, 0.3) is 0 Å². The topological polar surface area (TPSA) is 166 Å². The normalized spacial score (nSPS) is 51.8. The van der Waals surface area contributed by atoms with E-state index in [2.05, 4.69) is 23.5 Å². The van der Waals surface area contributed by atoms with Crippen molar-refractivity contribution < 1.29 is 44.6 Å².